The van der Waals surface area contributed by atoms with Crippen molar-refractivity contribution >= 4 is 39.8 Å². The van der Waals surface area contributed by atoms with E-state index in [1.807, 2.05) is 60.8 Å². The summed E-state index contributed by atoms with van der Waals surface area (Å²) in [6, 6.07) is 24.0. The predicted octanol–water partition coefficient (Wildman–Crippen LogP) is 5.95. The van der Waals surface area contributed by atoms with E-state index in [1.165, 1.54) is 0 Å². The van der Waals surface area contributed by atoms with Crippen molar-refractivity contribution in [1.82, 2.24) is 14.4 Å². The molecule has 0 unspecified atom stereocenters. The van der Waals surface area contributed by atoms with Gasteiger partial charge in [-0.2, -0.15) is 0 Å². The maximum atomic E-state index is 6.51. The second-order valence-corrected chi connectivity index (χ2v) is 6.69. The fraction of sp³-hybridized carbons (Fsp3) is 0. The highest BCUT2D eigenvalue weighted by Gasteiger charge is 2.08. The van der Waals surface area contributed by atoms with Gasteiger partial charge in [-0.3, -0.25) is 4.40 Å². The number of hydrogen-bond donors (Lipinski definition) is 1. The van der Waals surface area contributed by atoms with Crippen molar-refractivity contribution < 1.29 is 0 Å². The lowest BCUT2D eigenvalue weighted by Crippen LogP contribution is -1.93. The van der Waals surface area contributed by atoms with Crippen LogP contribution >= 0.6 is 11.6 Å². The normalized spacial score (nSPS) is 11.1. The molecule has 0 aliphatic carbocycles. The van der Waals surface area contributed by atoms with Crippen molar-refractivity contribution in [2.45, 2.75) is 0 Å². The molecule has 0 spiro atoms. The number of nitrogens with zero attached hydrogens (tertiary/aromatic N) is 3. The smallest absolute Gasteiger partial charge is 0.137 e. The van der Waals surface area contributed by atoms with Crippen molar-refractivity contribution in [3.63, 3.8) is 0 Å². The Morgan fingerprint density at radius 2 is 1.70 bits per heavy atom. The lowest BCUT2D eigenvalue weighted by atomic mass is 10.0. The Hall–Kier alpha value is -3.37. The number of rotatable bonds is 3. The van der Waals surface area contributed by atoms with E-state index in [0.717, 1.165) is 39.3 Å². The van der Waals surface area contributed by atoms with E-state index in [1.54, 1.807) is 6.20 Å². The van der Waals surface area contributed by atoms with Gasteiger partial charge in [0, 0.05) is 12.4 Å². The van der Waals surface area contributed by atoms with Crippen LogP contribution in [0.3, 0.4) is 0 Å². The van der Waals surface area contributed by atoms with Crippen molar-refractivity contribution in [2.24, 2.45) is 0 Å². The fourth-order valence-electron chi connectivity index (χ4n) is 3.21. The number of imidazole rings is 1. The molecule has 130 valence electrons. The average Bonchev–Trinajstić information content (AvgIpc) is 3.08. The van der Waals surface area contributed by atoms with E-state index in [0.29, 0.717) is 5.02 Å². The zero-order chi connectivity index (χ0) is 18.2. The van der Waals surface area contributed by atoms with Gasteiger partial charge in [0.2, 0.25) is 0 Å². The Labute approximate surface area is 161 Å². The third-order valence-corrected chi connectivity index (χ3v) is 4.85. The molecule has 0 aliphatic rings. The van der Waals surface area contributed by atoms with Gasteiger partial charge in [-0.1, -0.05) is 35.9 Å². The zero-order valence-corrected chi connectivity index (χ0v) is 15.1. The molecule has 2 aromatic carbocycles. The molecule has 4 nitrogen and oxygen atoms in total. The number of anilines is 2. The van der Waals surface area contributed by atoms with E-state index in [-0.39, 0.29) is 0 Å². The molecule has 27 heavy (non-hydrogen) atoms. The van der Waals surface area contributed by atoms with Crippen molar-refractivity contribution in [2.75, 3.05) is 5.32 Å². The quantitative estimate of drug-likeness (QED) is 0.427. The van der Waals surface area contributed by atoms with Gasteiger partial charge in [0.15, 0.2) is 0 Å². The first-order valence-electron chi connectivity index (χ1n) is 8.63. The van der Waals surface area contributed by atoms with Gasteiger partial charge >= 0.3 is 0 Å². The number of aromatic nitrogens is 3. The molecule has 5 aromatic rings. The molecule has 0 saturated heterocycles. The Morgan fingerprint density at radius 3 is 2.56 bits per heavy atom. The molecule has 5 rings (SSSR count). The van der Waals surface area contributed by atoms with Crippen LogP contribution in [0.4, 0.5) is 11.5 Å². The zero-order valence-electron chi connectivity index (χ0n) is 14.3. The van der Waals surface area contributed by atoms with Crippen LogP contribution in [0.15, 0.2) is 85.2 Å². The van der Waals surface area contributed by atoms with Crippen molar-refractivity contribution in [3.8, 4) is 11.1 Å². The molecular weight excluding hydrogens is 356 g/mol. The van der Waals surface area contributed by atoms with Gasteiger partial charge in [-0.25, -0.2) is 9.97 Å². The van der Waals surface area contributed by atoms with Crippen LogP contribution in [0.5, 0.6) is 0 Å². The van der Waals surface area contributed by atoms with Gasteiger partial charge in [-0.15, -0.1) is 0 Å². The summed E-state index contributed by atoms with van der Waals surface area (Å²) in [5, 5.41) is 3.89. The van der Waals surface area contributed by atoms with E-state index in [4.69, 9.17) is 11.6 Å². The van der Waals surface area contributed by atoms with Gasteiger partial charge in [0.05, 0.1) is 21.7 Å². The van der Waals surface area contributed by atoms with Crippen LogP contribution in [0.2, 0.25) is 5.02 Å². The van der Waals surface area contributed by atoms with Crippen LogP contribution in [0, 0.1) is 0 Å². The van der Waals surface area contributed by atoms with E-state index in [2.05, 4.69) is 37.9 Å². The van der Waals surface area contributed by atoms with Crippen LogP contribution in [0.1, 0.15) is 0 Å². The fourth-order valence-corrected chi connectivity index (χ4v) is 3.44. The highest BCUT2D eigenvalue weighted by Crippen LogP contribution is 2.32. The Kier molecular flexibility index (Phi) is 3.77. The first kappa shape index (κ1) is 15.9. The molecule has 5 heteroatoms. The third-order valence-electron chi connectivity index (χ3n) is 4.54. The summed E-state index contributed by atoms with van der Waals surface area (Å²) < 4.78 is 2.09. The molecule has 3 heterocycles. The maximum absolute atomic E-state index is 6.51. The Bertz CT molecular complexity index is 1260. The highest BCUT2D eigenvalue weighted by atomic mass is 35.5. The van der Waals surface area contributed by atoms with Crippen LogP contribution in [-0.4, -0.2) is 14.4 Å². The maximum Gasteiger partial charge on any atom is 0.137 e. The first-order valence-corrected chi connectivity index (χ1v) is 9.00. The summed E-state index contributed by atoms with van der Waals surface area (Å²) in [5.41, 5.74) is 5.98. The van der Waals surface area contributed by atoms with Crippen LogP contribution in [-0.2, 0) is 0 Å². The lowest BCUT2D eigenvalue weighted by Gasteiger charge is -2.10. The van der Waals surface area contributed by atoms with E-state index < -0.39 is 0 Å². The molecule has 0 atom stereocenters. The summed E-state index contributed by atoms with van der Waals surface area (Å²) in [7, 11) is 0. The molecule has 0 radical (unpaired) electrons. The molecule has 0 aliphatic heterocycles. The van der Waals surface area contributed by atoms with Crippen molar-refractivity contribution in [3.05, 3.63) is 90.2 Å². The second-order valence-electron chi connectivity index (χ2n) is 6.28. The topological polar surface area (TPSA) is 42.2 Å². The summed E-state index contributed by atoms with van der Waals surface area (Å²) in [5.74, 6) is 0.763. The van der Waals surface area contributed by atoms with Crippen molar-refractivity contribution in [1.29, 1.82) is 0 Å². The second kappa shape index (κ2) is 6.41. The molecule has 0 saturated carbocycles. The Morgan fingerprint density at radius 1 is 0.852 bits per heavy atom. The molecule has 1 N–H and O–H groups in total. The average molecular weight is 371 g/mol. The summed E-state index contributed by atoms with van der Waals surface area (Å²) >= 11 is 6.51. The molecule has 0 amide bonds. The summed E-state index contributed by atoms with van der Waals surface area (Å²) in [6.07, 6.45) is 3.77. The number of nitrogens with one attached hydrogen (secondary N) is 1. The number of benzene rings is 2. The van der Waals surface area contributed by atoms with E-state index >= 15 is 0 Å². The number of halogens is 1. The third kappa shape index (κ3) is 2.90. The van der Waals surface area contributed by atoms with Crippen LogP contribution < -0.4 is 5.32 Å². The highest BCUT2D eigenvalue weighted by molar-refractivity contribution is 6.33. The largest absolute Gasteiger partial charge is 0.339 e. The minimum atomic E-state index is 0.649. The number of pyridine rings is 2. The molecule has 3 aromatic heterocycles. The number of fused-ring (bicyclic) bond motifs is 3. The standard InChI is InChI=1S/C22H15ClN4/c23-17-13-15(7-9-18(17)25-21-5-1-3-11-24-21)16-8-10-19-20(14-16)27-12-4-2-6-22(27)26-19/h1-14H,(H,24,25). The SMILES string of the molecule is Clc1cc(-c2ccc3nc4ccccn4c3c2)ccc1Nc1ccccn1. The summed E-state index contributed by atoms with van der Waals surface area (Å²) in [4.78, 5) is 8.92. The molecule has 0 fully saturated rings. The predicted molar refractivity (Wildman–Crippen MR) is 111 cm³/mol. The van der Waals surface area contributed by atoms with E-state index in [9.17, 15) is 0 Å². The van der Waals surface area contributed by atoms with Gasteiger partial charge in [0.1, 0.15) is 11.5 Å². The van der Waals surface area contributed by atoms with Gasteiger partial charge in [-0.05, 0) is 59.7 Å². The minimum absolute atomic E-state index is 0.649. The van der Waals surface area contributed by atoms with Crippen LogP contribution in [0.25, 0.3) is 27.8 Å². The molecular formula is C22H15ClN4. The Balaban J connectivity index is 1.54. The monoisotopic (exact) mass is 370 g/mol. The molecule has 0 bridgehead atoms. The van der Waals surface area contributed by atoms with Gasteiger partial charge in [0.25, 0.3) is 0 Å². The number of hydrogen-bond acceptors (Lipinski definition) is 3. The summed E-state index contributed by atoms with van der Waals surface area (Å²) in [6.45, 7) is 0. The minimum Gasteiger partial charge on any atom is -0.339 e. The van der Waals surface area contributed by atoms with Gasteiger partial charge < -0.3 is 5.32 Å². The first-order chi connectivity index (χ1) is 13.3. The lowest BCUT2D eigenvalue weighted by molar-refractivity contribution is 1.23.